The van der Waals surface area contributed by atoms with Gasteiger partial charge in [0, 0.05) is 45.3 Å². The molecule has 0 unspecified atom stereocenters. The van der Waals surface area contributed by atoms with Crippen LogP contribution in [0.25, 0.3) is 0 Å². The normalized spacial score (nSPS) is 22.7. The van der Waals surface area contributed by atoms with Crippen molar-refractivity contribution < 1.29 is 32.2 Å². The van der Waals surface area contributed by atoms with Gasteiger partial charge in [-0.25, -0.2) is 13.1 Å². The van der Waals surface area contributed by atoms with Crippen LogP contribution in [0.3, 0.4) is 0 Å². The number of nitrogens with zero attached hydrogens (tertiary/aromatic N) is 2. The van der Waals surface area contributed by atoms with E-state index in [9.17, 15) is 13.2 Å². The Balaban J connectivity index is 1.35. The molecule has 2 fully saturated rings. The van der Waals surface area contributed by atoms with E-state index in [0.29, 0.717) is 64.1 Å². The van der Waals surface area contributed by atoms with Crippen LogP contribution in [0.1, 0.15) is 0 Å². The number of sulfonamides is 1. The van der Waals surface area contributed by atoms with Crippen molar-refractivity contribution in [3.05, 3.63) is 18.2 Å². The van der Waals surface area contributed by atoms with Gasteiger partial charge in [0.25, 0.3) is 5.91 Å². The van der Waals surface area contributed by atoms with Gasteiger partial charge < -0.3 is 23.8 Å². The van der Waals surface area contributed by atoms with Crippen LogP contribution in [-0.4, -0.2) is 103 Å². The van der Waals surface area contributed by atoms with E-state index in [4.69, 9.17) is 18.9 Å². The number of morpholine rings is 2. The van der Waals surface area contributed by atoms with Crippen molar-refractivity contribution in [3.8, 4) is 11.5 Å². The molecule has 10 nitrogen and oxygen atoms in total. The Hall–Kier alpha value is -1.92. The highest BCUT2D eigenvalue weighted by molar-refractivity contribution is 7.89. The molecule has 3 aliphatic heterocycles. The molecule has 1 aromatic carbocycles. The molecule has 2 saturated heterocycles. The van der Waals surface area contributed by atoms with E-state index < -0.39 is 16.1 Å². The molecular formula is C19H27N3O7S. The Kier molecular flexibility index (Phi) is 6.74. The van der Waals surface area contributed by atoms with Gasteiger partial charge in [0.05, 0.1) is 31.3 Å². The third-order valence-electron chi connectivity index (χ3n) is 5.31. The van der Waals surface area contributed by atoms with Gasteiger partial charge >= 0.3 is 0 Å². The molecule has 3 heterocycles. The zero-order valence-electron chi connectivity index (χ0n) is 16.7. The highest BCUT2D eigenvalue weighted by Gasteiger charge is 2.32. The summed E-state index contributed by atoms with van der Waals surface area (Å²) in [6, 6.07) is 4.42. The molecule has 3 aliphatic rings. The number of rotatable bonds is 6. The number of hydrogen-bond acceptors (Lipinski definition) is 8. The maximum absolute atomic E-state index is 12.6. The highest BCUT2D eigenvalue weighted by Crippen LogP contribution is 2.34. The van der Waals surface area contributed by atoms with Crippen LogP contribution in [0.15, 0.2) is 23.1 Å². The Bertz CT molecular complexity index is 852. The van der Waals surface area contributed by atoms with Crippen LogP contribution in [0.2, 0.25) is 0 Å². The molecule has 166 valence electrons. The summed E-state index contributed by atoms with van der Waals surface area (Å²) in [5, 5.41) is 0. The minimum absolute atomic E-state index is 0.0388. The van der Waals surface area contributed by atoms with E-state index in [1.807, 2.05) is 0 Å². The zero-order valence-corrected chi connectivity index (χ0v) is 17.6. The third-order valence-corrected chi connectivity index (χ3v) is 6.77. The van der Waals surface area contributed by atoms with E-state index in [1.54, 1.807) is 4.90 Å². The van der Waals surface area contributed by atoms with Crippen molar-refractivity contribution >= 4 is 15.9 Å². The average Bonchev–Trinajstić information content (AvgIpc) is 2.79. The van der Waals surface area contributed by atoms with Gasteiger partial charge in [-0.15, -0.1) is 0 Å². The minimum atomic E-state index is -3.67. The second kappa shape index (κ2) is 9.48. The molecule has 4 rings (SSSR count). The fourth-order valence-corrected chi connectivity index (χ4v) is 4.61. The van der Waals surface area contributed by atoms with Crippen LogP contribution in [-0.2, 0) is 24.3 Å². The van der Waals surface area contributed by atoms with Crippen molar-refractivity contribution in [1.82, 2.24) is 14.5 Å². The second-order valence-electron chi connectivity index (χ2n) is 7.32. The second-order valence-corrected chi connectivity index (χ2v) is 9.08. The van der Waals surface area contributed by atoms with Gasteiger partial charge in [0.1, 0.15) is 6.61 Å². The molecule has 0 spiro atoms. The van der Waals surface area contributed by atoms with Gasteiger partial charge in [0.15, 0.2) is 11.5 Å². The first-order valence-corrected chi connectivity index (χ1v) is 11.6. The summed E-state index contributed by atoms with van der Waals surface area (Å²) < 4.78 is 49.9. The Morgan fingerprint density at radius 3 is 2.47 bits per heavy atom. The van der Waals surface area contributed by atoms with E-state index in [0.717, 1.165) is 13.1 Å². The lowest BCUT2D eigenvalue weighted by atomic mass is 10.2. The predicted molar refractivity (Wildman–Crippen MR) is 106 cm³/mol. The number of carbonyl (C=O) groups excluding carboxylic acids is 1. The van der Waals surface area contributed by atoms with Crippen LogP contribution in [0, 0.1) is 0 Å². The van der Waals surface area contributed by atoms with Crippen LogP contribution in [0.4, 0.5) is 0 Å². The van der Waals surface area contributed by atoms with Gasteiger partial charge in [-0.3, -0.25) is 9.69 Å². The Morgan fingerprint density at radius 1 is 1.03 bits per heavy atom. The van der Waals surface area contributed by atoms with E-state index in [-0.39, 0.29) is 17.4 Å². The largest absolute Gasteiger partial charge is 0.485 e. The lowest BCUT2D eigenvalue weighted by Gasteiger charge is -2.32. The fourth-order valence-electron chi connectivity index (χ4n) is 3.57. The maximum Gasteiger partial charge on any atom is 0.267 e. The SMILES string of the molecule is O=C([C@H]1COc2cc(S(=O)(=O)NCCN3CCOCC3)ccc2O1)N1CCOCC1. The quantitative estimate of drug-likeness (QED) is 0.618. The first kappa shape index (κ1) is 21.3. The molecule has 0 radical (unpaired) electrons. The molecule has 0 saturated carbocycles. The van der Waals surface area contributed by atoms with Gasteiger partial charge in [0.2, 0.25) is 16.1 Å². The number of ether oxygens (including phenoxy) is 4. The maximum atomic E-state index is 12.6. The lowest BCUT2D eigenvalue weighted by Crippen LogP contribution is -2.50. The molecule has 11 heteroatoms. The number of fused-ring (bicyclic) bond motifs is 1. The Morgan fingerprint density at radius 2 is 1.73 bits per heavy atom. The molecule has 30 heavy (non-hydrogen) atoms. The van der Waals surface area contributed by atoms with Gasteiger partial charge in [-0.1, -0.05) is 0 Å². The standard InChI is InChI=1S/C19H27N3O7S/c23-19(22-7-11-27-12-8-22)18-14-28-17-13-15(1-2-16(17)29-18)30(24,25)20-3-4-21-5-9-26-10-6-21/h1-2,13,18,20H,3-12,14H2/t18-/m1/s1. The zero-order chi connectivity index (χ0) is 21.0. The summed E-state index contributed by atoms with van der Waals surface area (Å²) in [6.07, 6.45) is -0.746. The average molecular weight is 442 g/mol. The number of benzene rings is 1. The van der Waals surface area contributed by atoms with E-state index in [2.05, 4.69) is 9.62 Å². The monoisotopic (exact) mass is 441 g/mol. The minimum Gasteiger partial charge on any atom is -0.485 e. The summed E-state index contributed by atoms with van der Waals surface area (Å²) in [5.41, 5.74) is 0. The van der Waals surface area contributed by atoms with Crippen molar-refractivity contribution in [3.63, 3.8) is 0 Å². The number of nitrogens with one attached hydrogen (secondary N) is 1. The molecule has 0 aliphatic carbocycles. The molecule has 1 amide bonds. The third kappa shape index (κ3) is 5.03. The van der Waals surface area contributed by atoms with Crippen LogP contribution < -0.4 is 14.2 Å². The summed E-state index contributed by atoms with van der Waals surface area (Å²) in [4.78, 5) is 16.5. The molecule has 0 aromatic heterocycles. The molecular weight excluding hydrogens is 414 g/mol. The van der Waals surface area contributed by atoms with Crippen molar-refractivity contribution in [2.45, 2.75) is 11.0 Å². The van der Waals surface area contributed by atoms with Gasteiger partial charge in [-0.05, 0) is 12.1 Å². The van der Waals surface area contributed by atoms with E-state index >= 15 is 0 Å². The summed E-state index contributed by atoms with van der Waals surface area (Å²) in [5.74, 6) is 0.530. The van der Waals surface area contributed by atoms with Crippen LogP contribution in [0.5, 0.6) is 11.5 Å². The van der Waals surface area contributed by atoms with Crippen LogP contribution >= 0.6 is 0 Å². The number of amides is 1. The highest BCUT2D eigenvalue weighted by atomic mass is 32.2. The predicted octanol–water partition coefficient (Wildman–Crippen LogP) is -0.704. The summed E-state index contributed by atoms with van der Waals surface area (Å²) in [7, 11) is -3.67. The Labute approximate surface area is 176 Å². The molecule has 0 bridgehead atoms. The first-order chi connectivity index (χ1) is 14.5. The summed E-state index contributed by atoms with van der Waals surface area (Å²) >= 11 is 0. The first-order valence-electron chi connectivity index (χ1n) is 10.1. The van der Waals surface area contributed by atoms with Crippen molar-refractivity contribution in [1.29, 1.82) is 0 Å². The van der Waals surface area contributed by atoms with Crippen molar-refractivity contribution in [2.75, 3.05) is 72.3 Å². The molecule has 1 aromatic rings. The van der Waals surface area contributed by atoms with Gasteiger partial charge in [-0.2, -0.15) is 0 Å². The number of carbonyl (C=O) groups is 1. The van der Waals surface area contributed by atoms with Crippen molar-refractivity contribution in [2.24, 2.45) is 0 Å². The summed E-state index contributed by atoms with van der Waals surface area (Å²) in [6.45, 7) is 5.99. The molecule has 1 atom stereocenters. The number of hydrogen-bond donors (Lipinski definition) is 1. The topological polar surface area (TPSA) is 107 Å². The smallest absolute Gasteiger partial charge is 0.267 e. The fraction of sp³-hybridized carbons (Fsp3) is 0.632. The van der Waals surface area contributed by atoms with E-state index in [1.165, 1.54) is 18.2 Å². The molecule has 1 N–H and O–H groups in total. The lowest BCUT2D eigenvalue weighted by molar-refractivity contribution is -0.145.